The van der Waals surface area contributed by atoms with E-state index in [0.717, 1.165) is 26.3 Å². The number of benzene rings is 1. The highest BCUT2D eigenvalue weighted by molar-refractivity contribution is 7.86. The van der Waals surface area contributed by atoms with Gasteiger partial charge < -0.3 is 24.3 Å². The van der Waals surface area contributed by atoms with Crippen LogP contribution >= 0.6 is 0 Å². The zero-order chi connectivity index (χ0) is 25.6. The molecule has 1 amide bonds. The first-order valence-electron chi connectivity index (χ1n) is 10.2. The molecule has 0 aliphatic carbocycles. The first-order valence-corrected chi connectivity index (χ1v) is 11.6. The second-order valence-electron chi connectivity index (χ2n) is 7.58. The predicted molar refractivity (Wildman–Crippen MR) is 113 cm³/mol. The Morgan fingerprint density at radius 3 is 1.91 bits per heavy atom. The van der Waals surface area contributed by atoms with E-state index in [-0.39, 0.29) is 4.90 Å². The highest BCUT2D eigenvalue weighted by Gasteiger charge is 2.52. The Kier molecular flexibility index (Phi) is 9.13. The standard InChI is InChI=1S/C21H27NO11S/c1-11-6-8-16(9-7-11)34(27,28)29-10-17-19(30-13(3)24)20(31-14(4)25)18(22-12(2)23)21(33-17)32-15(5)26/h6-9,17-21H,10H2,1-5H3,(H,22,23)/t17-,18-,19+,20-,21-/m1/s1. The minimum atomic E-state index is -4.25. The average molecular weight is 502 g/mol. The Morgan fingerprint density at radius 1 is 0.882 bits per heavy atom. The summed E-state index contributed by atoms with van der Waals surface area (Å²) >= 11 is 0. The Balaban J connectivity index is 2.40. The van der Waals surface area contributed by atoms with Gasteiger partial charge in [-0.25, -0.2) is 0 Å². The Morgan fingerprint density at radius 2 is 1.41 bits per heavy atom. The van der Waals surface area contributed by atoms with E-state index in [9.17, 15) is 27.6 Å². The van der Waals surface area contributed by atoms with Crippen molar-refractivity contribution in [2.45, 2.75) is 70.2 Å². The van der Waals surface area contributed by atoms with Crippen LogP contribution in [0.15, 0.2) is 29.2 Å². The fraction of sp³-hybridized carbons (Fsp3) is 0.524. The third-order valence-corrected chi connectivity index (χ3v) is 5.90. The summed E-state index contributed by atoms with van der Waals surface area (Å²) in [5.74, 6) is -2.97. The number of amides is 1. The van der Waals surface area contributed by atoms with Gasteiger partial charge in [0, 0.05) is 27.7 Å². The lowest BCUT2D eigenvalue weighted by atomic mass is 9.96. The monoisotopic (exact) mass is 501 g/mol. The van der Waals surface area contributed by atoms with Gasteiger partial charge in [0.1, 0.15) is 12.1 Å². The lowest BCUT2D eigenvalue weighted by molar-refractivity contribution is -0.268. The van der Waals surface area contributed by atoms with Crippen LogP contribution < -0.4 is 5.32 Å². The molecule has 2 rings (SSSR count). The van der Waals surface area contributed by atoms with E-state index in [1.54, 1.807) is 19.1 Å². The largest absolute Gasteiger partial charge is 0.456 e. The summed E-state index contributed by atoms with van der Waals surface area (Å²) in [7, 11) is -4.25. The van der Waals surface area contributed by atoms with Gasteiger partial charge in [0.25, 0.3) is 10.1 Å². The molecule has 5 atom stereocenters. The van der Waals surface area contributed by atoms with E-state index in [1.165, 1.54) is 19.1 Å². The van der Waals surface area contributed by atoms with Gasteiger partial charge in [-0.1, -0.05) is 17.7 Å². The molecule has 1 saturated heterocycles. The third-order valence-electron chi connectivity index (χ3n) is 4.60. The molecule has 13 heteroatoms. The molecule has 188 valence electrons. The third kappa shape index (κ3) is 7.50. The van der Waals surface area contributed by atoms with Crippen LogP contribution in [0.2, 0.25) is 0 Å². The van der Waals surface area contributed by atoms with Crippen molar-refractivity contribution in [2.75, 3.05) is 6.61 Å². The molecule has 0 aromatic heterocycles. The second kappa shape index (κ2) is 11.4. The maximum absolute atomic E-state index is 12.6. The fourth-order valence-electron chi connectivity index (χ4n) is 3.29. The van der Waals surface area contributed by atoms with Gasteiger partial charge in [-0.2, -0.15) is 8.42 Å². The molecule has 0 saturated carbocycles. The highest BCUT2D eigenvalue weighted by atomic mass is 32.2. The number of carbonyl (C=O) groups excluding carboxylic acids is 4. The molecule has 12 nitrogen and oxygen atoms in total. The summed E-state index contributed by atoms with van der Waals surface area (Å²) in [6.07, 6.45) is -5.66. The van der Waals surface area contributed by atoms with E-state index in [2.05, 4.69) is 5.32 Å². The second-order valence-corrected chi connectivity index (χ2v) is 9.19. The summed E-state index contributed by atoms with van der Waals surface area (Å²) in [5, 5.41) is 2.45. The number of rotatable bonds is 8. The number of carbonyl (C=O) groups is 4. The first kappa shape index (κ1) is 27.2. The van der Waals surface area contributed by atoms with Gasteiger partial charge in [0.2, 0.25) is 12.2 Å². The number of hydrogen-bond donors (Lipinski definition) is 1. The molecular formula is C21H27NO11S. The molecule has 1 aliphatic heterocycles. The summed E-state index contributed by atoms with van der Waals surface area (Å²) in [6, 6.07) is 4.61. The van der Waals surface area contributed by atoms with Crippen LogP contribution in [0.4, 0.5) is 0 Å². The van der Waals surface area contributed by atoms with Gasteiger partial charge in [0.05, 0.1) is 11.5 Å². The number of ether oxygens (including phenoxy) is 4. The van der Waals surface area contributed by atoms with Crippen LogP contribution in [0.25, 0.3) is 0 Å². The van der Waals surface area contributed by atoms with Crippen molar-refractivity contribution in [1.29, 1.82) is 0 Å². The van der Waals surface area contributed by atoms with E-state index in [4.69, 9.17) is 23.1 Å². The summed E-state index contributed by atoms with van der Waals surface area (Å²) in [4.78, 5) is 46.8. The van der Waals surface area contributed by atoms with Gasteiger partial charge in [0.15, 0.2) is 12.2 Å². The molecule has 1 heterocycles. The summed E-state index contributed by atoms with van der Waals surface area (Å²) in [5.41, 5.74) is 0.835. The van der Waals surface area contributed by atoms with Crippen molar-refractivity contribution >= 4 is 33.9 Å². The molecular weight excluding hydrogens is 474 g/mol. The Hall–Kier alpha value is -3.03. The van der Waals surface area contributed by atoms with Crippen molar-refractivity contribution in [3.8, 4) is 0 Å². The maximum Gasteiger partial charge on any atom is 0.305 e. The SMILES string of the molecule is CC(=O)N[C@H]1[C@H](OC(C)=O)O[C@H](COS(=O)(=O)c2ccc(C)cc2)[C@H](OC(C)=O)[C@@H]1OC(C)=O. The van der Waals surface area contributed by atoms with Gasteiger partial charge in [-0.3, -0.25) is 23.4 Å². The Labute approximate surface area is 196 Å². The van der Waals surface area contributed by atoms with Crippen LogP contribution in [0, 0.1) is 6.92 Å². The molecule has 1 aromatic rings. The lowest BCUT2D eigenvalue weighted by Crippen LogP contribution is -2.66. The van der Waals surface area contributed by atoms with E-state index >= 15 is 0 Å². The number of esters is 3. The van der Waals surface area contributed by atoms with Crippen molar-refractivity contribution in [2.24, 2.45) is 0 Å². The molecule has 1 aromatic carbocycles. The van der Waals surface area contributed by atoms with E-state index in [1.807, 2.05) is 0 Å². The molecule has 1 aliphatic rings. The Bertz CT molecular complexity index is 1020. The molecule has 34 heavy (non-hydrogen) atoms. The maximum atomic E-state index is 12.6. The first-order chi connectivity index (χ1) is 15.8. The summed E-state index contributed by atoms with van der Waals surface area (Å²) in [6.45, 7) is 5.51. The smallest absolute Gasteiger partial charge is 0.305 e. The molecule has 0 unspecified atom stereocenters. The normalized spacial score (nSPS) is 24.6. The molecule has 1 N–H and O–H groups in total. The topological polar surface area (TPSA) is 161 Å². The molecule has 0 bridgehead atoms. The lowest BCUT2D eigenvalue weighted by Gasteiger charge is -2.44. The van der Waals surface area contributed by atoms with Crippen LogP contribution in [-0.2, 0) is 52.4 Å². The number of nitrogens with one attached hydrogen (secondary N) is 1. The van der Waals surface area contributed by atoms with Crippen molar-refractivity contribution in [3.05, 3.63) is 29.8 Å². The van der Waals surface area contributed by atoms with Crippen LogP contribution in [0.5, 0.6) is 0 Å². The van der Waals surface area contributed by atoms with Gasteiger partial charge >= 0.3 is 17.9 Å². The van der Waals surface area contributed by atoms with Crippen LogP contribution in [0.3, 0.4) is 0 Å². The predicted octanol–water partition coefficient (Wildman–Crippen LogP) is 0.356. The van der Waals surface area contributed by atoms with Crippen molar-refractivity contribution in [1.82, 2.24) is 5.32 Å². The quantitative estimate of drug-likeness (QED) is 0.297. The molecule has 0 spiro atoms. The minimum Gasteiger partial charge on any atom is -0.456 e. The fourth-order valence-corrected chi connectivity index (χ4v) is 4.20. The van der Waals surface area contributed by atoms with Crippen molar-refractivity contribution in [3.63, 3.8) is 0 Å². The highest BCUT2D eigenvalue weighted by Crippen LogP contribution is 2.28. The summed E-state index contributed by atoms with van der Waals surface area (Å²) < 4.78 is 51.7. The van der Waals surface area contributed by atoms with Gasteiger partial charge in [-0.05, 0) is 19.1 Å². The number of hydrogen-bond acceptors (Lipinski definition) is 11. The zero-order valence-electron chi connectivity index (χ0n) is 19.3. The van der Waals surface area contributed by atoms with Crippen molar-refractivity contribution < 1.29 is 50.7 Å². The van der Waals surface area contributed by atoms with E-state index < -0.39 is 71.2 Å². The molecule has 1 fully saturated rings. The van der Waals surface area contributed by atoms with Gasteiger partial charge in [-0.15, -0.1) is 0 Å². The zero-order valence-corrected chi connectivity index (χ0v) is 20.1. The minimum absolute atomic E-state index is 0.123. The molecule has 0 radical (unpaired) electrons. The van der Waals surface area contributed by atoms with Crippen LogP contribution in [-0.4, -0.2) is 69.5 Å². The number of aryl methyl sites for hydroxylation is 1. The van der Waals surface area contributed by atoms with Crippen LogP contribution in [0.1, 0.15) is 33.3 Å². The average Bonchev–Trinajstić information content (AvgIpc) is 2.70. The van der Waals surface area contributed by atoms with E-state index in [0.29, 0.717) is 0 Å².